The molecule has 1 fully saturated rings. The van der Waals surface area contributed by atoms with Crippen molar-refractivity contribution < 1.29 is 17.9 Å². The third kappa shape index (κ3) is 2.83. The summed E-state index contributed by atoms with van der Waals surface area (Å²) in [4.78, 5) is 12.0. The normalized spacial score (nSPS) is 22.1. The highest BCUT2D eigenvalue weighted by molar-refractivity contribution is 8.03. The molecule has 1 aliphatic carbocycles. The maximum absolute atomic E-state index is 12.8. The van der Waals surface area contributed by atoms with E-state index < -0.39 is 17.3 Å². The van der Waals surface area contributed by atoms with E-state index in [1.54, 1.807) is 5.40 Å². The number of hydrogen-bond acceptors (Lipinski definition) is 4. The number of pyridine rings is 1. The zero-order valence-corrected chi connectivity index (χ0v) is 11.3. The first-order valence-corrected chi connectivity index (χ1v) is 6.60. The summed E-state index contributed by atoms with van der Waals surface area (Å²) in [6, 6.07) is 0.409. The predicted octanol–water partition coefficient (Wildman–Crippen LogP) is 2.79. The van der Waals surface area contributed by atoms with Crippen LogP contribution in [0.25, 0.3) is 0 Å². The lowest BCUT2D eigenvalue weighted by Crippen LogP contribution is -2.39. The minimum atomic E-state index is -4.73. The maximum Gasteiger partial charge on any atom is 0.421 e. The molecule has 0 atom stereocenters. The van der Waals surface area contributed by atoms with Gasteiger partial charge in [0, 0.05) is 24.2 Å². The van der Waals surface area contributed by atoms with Gasteiger partial charge in [0.15, 0.2) is 0 Å². The Kier molecular flexibility index (Phi) is 4.11. The van der Waals surface area contributed by atoms with Crippen LogP contribution in [0.5, 0.6) is 0 Å². The molecule has 0 spiro atoms. The molecule has 1 aromatic heterocycles. The van der Waals surface area contributed by atoms with Crippen molar-refractivity contribution in [3.8, 4) is 5.40 Å². The lowest BCUT2D eigenvalue weighted by atomic mass is 9.89. The average molecular weight is 304 g/mol. The molecular weight excluding hydrogens is 293 g/mol. The van der Waals surface area contributed by atoms with E-state index in [1.165, 1.54) is 13.3 Å². The molecule has 1 aliphatic rings. The van der Waals surface area contributed by atoms with E-state index in [2.05, 4.69) is 0 Å². The Balaban J connectivity index is 2.43. The van der Waals surface area contributed by atoms with E-state index in [4.69, 9.17) is 10.00 Å². The van der Waals surface area contributed by atoms with Gasteiger partial charge in [-0.15, -0.1) is 0 Å². The number of aromatic nitrogens is 1. The molecule has 20 heavy (non-hydrogen) atoms. The van der Waals surface area contributed by atoms with Crippen molar-refractivity contribution in [1.29, 1.82) is 5.26 Å². The summed E-state index contributed by atoms with van der Waals surface area (Å²) in [7, 11) is 1.52. The number of thiocyanates is 1. The van der Waals surface area contributed by atoms with Gasteiger partial charge in [-0.2, -0.15) is 18.4 Å². The van der Waals surface area contributed by atoms with Crippen LogP contribution in [0.4, 0.5) is 13.2 Å². The van der Waals surface area contributed by atoms with Crippen molar-refractivity contribution in [3.63, 3.8) is 0 Å². The summed E-state index contributed by atoms with van der Waals surface area (Å²) >= 11 is 0.602. The van der Waals surface area contributed by atoms with Gasteiger partial charge in [-0.1, -0.05) is 0 Å². The summed E-state index contributed by atoms with van der Waals surface area (Å²) in [6.45, 7) is 0. The van der Waals surface area contributed by atoms with Crippen molar-refractivity contribution in [1.82, 2.24) is 4.57 Å². The topological polar surface area (TPSA) is 55.0 Å². The molecule has 0 aliphatic heterocycles. The number of methoxy groups -OCH3 is 1. The molecule has 2 rings (SSSR count). The van der Waals surface area contributed by atoms with Crippen LogP contribution in [-0.4, -0.2) is 17.8 Å². The highest BCUT2D eigenvalue weighted by Gasteiger charge is 2.38. The van der Waals surface area contributed by atoms with Crippen LogP contribution in [0, 0.1) is 10.7 Å². The van der Waals surface area contributed by atoms with Crippen molar-refractivity contribution in [2.24, 2.45) is 0 Å². The Morgan fingerprint density at radius 1 is 1.50 bits per heavy atom. The van der Waals surface area contributed by atoms with Gasteiger partial charge in [-0.3, -0.25) is 4.79 Å². The van der Waals surface area contributed by atoms with Crippen LogP contribution >= 0.6 is 11.8 Å². The van der Waals surface area contributed by atoms with Gasteiger partial charge in [0.25, 0.3) is 5.56 Å². The smallest absolute Gasteiger partial charge is 0.381 e. The van der Waals surface area contributed by atoms with Gasteiger partial charge in [-0.05, 0) is 30.7 Å². The predicted molar refractivity (Wildman–Crippen MR) is 66.2 cm³/mol. The number of hydrogen-bond donors (Lipinski definition) is 0. The molecular formula is C12H11F3N2O2S. The first-order valence-electron chi connectivity index (χ1n) is 5.79. The first-order chi connectivity index (χ1) is 9.36. The zero-order chi connectivity index (χ0) is 14.9. The molecule has 0 saturated heterocycles. The van der Waals surface area contributed by atoms with E-state index in [1.807, 2.05) is 0 Å². The standard InChI is InChI=1S/C12H11F3N2O2S/c1-19-8-2-7(3-8)17-5-9(20-6-16)4-10(11(17)18)12(13,14)15/h4-5,7-8H,2-3H2,1H3. The zero-order valence-electron chi connectivity index (χ0n) is 10.5. The number of halogens is 3. The molecule has 0 unspecified atom stereocenters. The fourth-order valence-electron chi connectivity index (χ4n) is 2.12. The highest BCUT2D eigenvalue weighted by Crippen LogP contribution is 2.35. The summed E-state index contributed by atoms with van der Waals surface area (Å²) < 4.78 is 44.7. The monoisotopic (exact) mass is 304 g/mol. The fraction of sp³-hybridized carbons (Fsp3) is 0.500. The van der Waals surface area contributed by atoms with Crippen LogP contribution in [0.1, 0.15) is 24.4 Å². The lowest BCUT2D eigenvalue weighted by molar-refractivity contribution is -0.139. The minimum absolute atomic E-state index is 0.0338. The largest absolute Gasteiger partial charge is 0.421 e. The second-order valence-corrected chi connectivity index (χ2v) is 5.33. The molecule has 0 radical (unpaired) electrons. The van der Waals surface area contributed by atoms with Gasteiger partial charge in [0.2, 0.25) is 0 Å². The molecule has 4 nitrogen and oxygen atoms in total. The second kappa shape index (κ2) is 5.50. The SMILES string of the molecule is COC1CC(n2cc(SC#N)cc(C(F)(F)F)c2=O)C1. The molecule has 1 saturated carbocycles. The molecule has 1 aromatic rings. The second-order valence-electron chi connectivity index (χ2n) is 4.48. The first kappa shape index (κ1) is 14.9. The van der Waals surface area contributed by atoms with Gasteiger partial charge in [-0.25, -0.2) is 0 Å². The molecule has 0 amide bonds. The Morgan fingerprint density at radius 2 is 2.15 bits per heavy atom. The van der Waals surface area contributed by atoms with E-state index in [0.717, 1.165) is 10.6 Å². The van der Waals surface area contributed by atoms with E-state index in [0.29, 0.717) is 24.6 Å². The molecule has 1 heterocycles. The van der Waals surface area contributed by atoms with Crippen molar-refractivity contribution in [3.05, 3.63) is 28.2 Å². The Morgan fingerprint density at radius 3 is 2.65 bits per heavy atom. The lowest BCUT2D eigenvalue weighted by Gasteiger charge is -2.35. The van der Waals surface area contributed by atoms with Crippen molar-refractivity contribution in [2.45, 2.75) is 36.1 Å². The number of nitriles is 1. The van der Waals surface area contributed by atoms with E-state index >= 15 is 0 Å². The van der Waals surface area contributed by atoms with E-state index in [9.17, 15) is 18.0 Å². The number of ether oxygens (including phenoxy) is 1. The molecule has 108 valence electrons. The van der Waals surface area contributed by atoms with Crippen LogP contribution in [-0.2, 0) is 10.9 Å². The highest BCUT2D eigenvalue weighted by atomic mass is 32.2. The number of rotatable bonds is 3. The van der Waals surface area contributed by atoms with Crippen molar-refractivity contribution in [2.75, 3.05) is 7.11 Å². The van der Waals surface area contributed by atoms with Crippen LogP contribution in [0.3, 0.4) is 0 Å². The van der Waals surface area contributed by atoms with E-state index in [-0.39, 0.29) is 17.0 Å². The van der Waals surface area contributed by atoms with Gasteiger partial charge in [0.05, 0.1) is 6.10 Å². The third-order valence-corrected chi connectivity index (χ3v) is 3.83. The van der Waals surface area contributed by atoms with Gasteiger partial charge in [0.1, 0.15) is 11.0 Å². The average Bonchev–Trinajstić information content (AvgIpc) is 2.30. The summed E-state index contributed by atoms with van der Waals surface area (Å²) in [6.07, 6.45) is -2.46. The Bertz CT molecular complexity index is 600. The van der Waals surface area contributed by atoms with Gasteiger partial charge < -0.3 is 9.30 Å². The summed E-state index contributed by atoms with van der Waals surface area (Å²) in [5.74, 6) is 0. The number of nitrogens with zero attached hydrogens (tertiary/aromatic N) is 2. The van der Waals surface area contributed by atoms with Crippen LogP contribution in [0.15, 0.2) is 22.0 Å². The number of alkyl halides is 3. The summed E-state index contributed by atoms with van der Waals surface area (Å²) in [5, 5.41) is 10.3. The third-order valence-electron chi connectivity index (χ3n) is 3.28. The minimum Gasteiger partial charge on any atom is -0.381 e. The molecule has 0 bridgehead atoms. The maximum atomic E-state index is 12.8. The molecule has 0 N–H and O–H groups in total. The van der Waals surface area contributed by atoms with Crippen molar-refractivity contribution >= 4 is 11.8 Å². The fourth-order valence-corrected chi connectivity index (χ4v) is 2.56. The number of thioether (sulfide) groups is 1. The van der Waals surface area contributed by atoms with Gasteiger partial charge >= 0.3 is 6.18 Å². The Labute approximate surface area is 117 Å². The molecule has 0 aromatic carbocycles. The van der Waals surface area contributed by atoms with Crippen LogP contribution in [0.2, 0.25) is 0 Å². The van der Waals surface area contributed by atoms with Crippen LogP contribution < -0.4 is 5.56 Å². The Hall–Kier alpha value is -1.46. The molecule has 8 heteroatoms. The quantitative estimate of drug-likeness (QED) is 0.636. The summed E-state index contributed by atoms with van der Waals surface area (Å²) in [5.41, 5.74) is -2.31.